The van der Waals surface area contributed by atoms with E-state index in [9.17, 15) is 19.1 Å². The minimum Gasteiger partial charge on any atom is -0.507 e. The number of carbonyl (C=O) groups excluding carboxylic acids is 2. The molecule has 0 saturated carbocycles. The Morgan fingerprint density at radius 3 is 3.00 bits per heavy atom. The molecule has 0 aromatic heterocycles. The van der Waals surface area contributed by atoms with E-state index in [0.29, 0.717) is 19.5 Å². The van der Waals surface area contributed by atoms with Crippen LogP contribution in [0.25, 0.3) is 0 Å². The Labute approximate surface area is 103 Å². The van der Waals surface area contributed by atoms with E-state index >= 15 is 0 Å². The molecule has 1 aliphatic rings. The summed E-state index contributed by atoms with van der Waals surface area (Å²) in [5.74, 6) is -1.68. The molecule has 18 heavy (non-hydrogen) atoms. The molecule has 1 aromatic carbocycles. The summed E-state index contributed by atoms with van der Waals surface area (Å²) in [6, 6.07) is 3.17. The highest BCUT2D eigenvalue weighted by atomic mass is 19.1. The maximum Gasteiger partial charge on any atom is 0.258 e. The second-order valence-electron chi connectivity index (χ2n) is 4.09. The second-order valence-corrected chi connectivity index (χ2v) is 4.09. The van der Waals surface area contributed by atoms with Crippen LogP contribution in [0.15, 0.2) is 18.2 Å². The normalized spacial score (nSPS) is 16.1. The van der Waals surface area contributed by atoms with Crippen molar-refractivity contribution in [1.29, 1.82) is 0 Å². The molecule has 2 amide bonds. The van der Waals surface area contributed by atoms with Crippen LogP contribution in [0.3, 0.4) is 0 Å². The van der Waals surface area contributed by atoms with Crippen LogP contribution in [0.1, 0.15) is 16.8 Å². The van der Waals surface area contributed by atoms with Gasteiger partial charge in [-0.2, -0.15) is 0 Å². The third kappa shape index (κ3) is 2.58. The average Bonchev–Trinajstić information content (AvgIpc) is 2.56. The Morgan fingerprint density at radius 1 is 1.44 bits per heavy atom. The molecule has 0 atom stereocenters. The summed E-state index contributed by atoms with van der Waals surface area (Å²) >= 11 is 0. The highest BCUT2D eigenvalue weighted by Crippen LogP contribution is 2.20. The van der Waals surface area contributed by atoms with Crippen molar-refractivity contribution in [2.75, 3.05) is 19.6 Å². The van der Waals surface area contributed by atoms with E-state index in [0.717, 1.165) is 18.2 Å². The topological polar surface area (TPSA) is 69.6 Å². The molecule has 1 saturated heterocycles. The Balaban J connectivity index is 2.24. The third-order valence-electron chi connectivity index (χ3n) is 2.74. The van der Waals surface area contributed by atoms with Crippen molar-refractivity contribution in [3.63, 3.8) is 0 Å². The molecule has 0 radical (unpaired) electrons. The molecule has 5 nitrogen and oxygen atoms in total. The first-order valence-electron chi connectivity index (χ1n) is 5.62. The average molecular weight is 252 g/mol. The Bertz CT molecular complexity index is 490. The third-order valence-corrected chi connectivity index (χ3v) is 2.74. The molecule has 1 aliphatic heterocycles. The maximum absolute atomic E-state index is 13.1. The van der Waals surface area contributed by atoms with Crippen LogP contribution in [-0.2, 0) is 4.79 Å². The van der Waals surface area contributed by atoms with Gasteiger partial charge in [0.1, 0.15) is 11.6 Å². The van der Waals surface area contributed by atoms with Crippen LogP contribution >= 0.6 is 0 Å². The first-order valence-corrected chi connectivity index (χ1v) is 5.62. The Kier molecular flexibility index (Phi) is 3.45. The zero-order valence-electron chi connectivity index (χ0n) is 9.65. The first kappa shape index (κ1) is 12.3. The molecular formula is C12H13FN2O3. The van der Waals surface area contributed by atoms with Gasteiger partial charge in [0.25, 0.3) is 5.91 Å². The van der Waals surface area contributed by atoms with E-state index in [1.54, 1.807) is 0 Å². The fourth-order valence-corrected chi connectivity index (χ4v) is 1.83. The highest BCUT2D eigenvalue weighted by molar-refractivity contribution is 5.98. The standard InChI is InChI=1S/C12H13FN2O3/c13-8-2-3-10(16)9(6-8)12(18)15-5-1-4-14-11(17)7-15/h2-3,6,16H,1,4-5,7H2,(H,14,17). The highest BCUT2D eigenvalue weighted by Gasteiger charge is 2.23. The molecule has 1 aromatic rings. The number of rotatable bonds is 1. The van der Waals surface area contributed by atoms with E-state index < -0.39 is 11.7 Å². The number of amides is 2. The maximum atomic E-state index is 13.1. The summed E-state index contributed by atoms with van der Waals surface area (Å²) in [4.78, 5) is 24.7. The summed E-state index contributed by atoms with van der Waals surface area (Å²) < 4.78 is 13.1. The van der Waals surface area contributed by atoms with E-state index in [2.05, 4.69) is 5.32 Å². The number of hydrogen-bond donors (Lipinski definition) is 2. The smallest absolute Gasteiger partial charge is 0.258 e. The molecule has 0 unspecified atom stereocenters. The minimum atomic E-state index is -0.601. The predicted molar refractivity (Wildman–Crippen MR) is 61.6 cm³/mol. The second kappa shape index (κ2) is 5.03. The molecule has 1 heterocycles. The molecule has 2 rings (SSSR count). The number of halogens is 1. The van der Waals surface area contributed by atoms with Gasteiger partial charge in [-0.3, -0.25) is 9.59 Å². The van der Waals surface area contributed by atoms with Gasteiger partial charge in [-0.15, -0.1) is 0 Å². The lowest BCUT2D eigenvalue weighted by molar-refractivity contribution is -0.121. The van der Waals surface area contributed by atoms with E-state index in [4.69, 9.17) is 0 Å². The van der Waals surface area contributed by atoms with Gasteiger partial charge in [0, 0.05) is 13.1 Å². The molecular weight excluding hydrogens is 239 g/mol. The van der Waals surface area contributed by atoms with Gasteiger partial charge >= 0.3 is 0 Å². The van der Waals surface area contributed by atoms with Gasteiger partial charge in [-0.05, 0) is 24.6 Å². The van der Waals surface area contributed by atoms with Crippen molar-refractivity contribution >= 4 is 11.8 Å². The number of benzene rings is 1. The van der Waals surface area contributed by atoms with Crippen LogP contribution in [-0.4, -0.2) is 41.5 Å². The Hall–Kier alpha value is -2.11. The number of hydrogen-bond acceptors (Lipinski definition) is 3. The Morgan fingerprint density at radius 2 is 2.22 bits per heavy atom. The molecule has 1 fully saturated rings. The molecule has 0 spiro atoms. The predicted octanol–water partition coefficient (Wildman–Crippen LogP) is 0.493. The number of carbonyl (C=O) groups is 2. The number of nitrogens with one attached hydrogen (secondary N) is 1. The van der Waals surface area contributed by atoms with Crippen LogP contribution in [0.2, 0.25) is 0 Å². The molecule has 6 heteroatoms. The molecule has 0 aliphatic carbocycles. The first-order chi connectivity index (χ1) is 8.58. The van der Waals surface area contributed by atoms with Gasteiger partial charge in [0.2, 0.25) is 5.91 Å². The lowest BCUT2D eigenvalue weighted by atomic mass is 10.1. The van der Waals surface area contributed by atoms with Gasteiger partial charge in [-0.1, -0.05) is 0 Å². The SMILES string of the molecule is O=C1CN(C(=O)c2cc(F)ccc2O)CCCN1. The van der Waals surface area contributed by atoms with Gasteiger partial charge in [0.15, 0.2) is 0 Å². The number of aromatic hydroxyl groups is 1. The lowest BCUT2D eigenvalue weighted by Crippen LogP contribution is -2.37. The van der Waals surface area contributed by atoms with Crippen LogP contribution in [0.5, 0.6) is 5.75 Å². The quantitative estimate of drug-likeness (QED) is 0.764. The fraction of sp³-hybridized carbons (Fsp3) is 0.333. The minimum absolute atomic E-state index is 0.0746. The number of phenols is 1. The van der Waals surface area contributed by atoms with Crippen molar-refractivity contribution in [1.82, 2.24) is 10.2 Å². The van der Waals surface area contributed by atoms with Gasteiger partial charge in [0.05, 0.1) is 12.1 Å². The fourth-order valence-electron chi connectivity index (χ4n) is 1.83. The molecule has 96 valence electrons. The number of phenolic OH excluding ortho intramolecular Hbond substituents is 1. The molecule has 2 N–H and O–H groups in total. The summed E-state index contributed by atoms with van der Waals surface area (Å²) in [6.45, 7) is 0.833. The zero-order chi connectivity index (χ0) is 13.1. The van der Waals surface area contributed by atoms with Crippen LogP contribution < -0.4 is 5.32 Å². The van der Waals surface area contributed by atoms with Crippen molar-refractivity contribution in [3.05, 3.63) is 29.6 Å². The van der Waals surface area contributed by atoms with Crippen molar-refractivity contribution in [3.8, 4) is 5.75 Å². The van der Waals surface area contributed by atoms with Crippen molar-refractivity contribution in [2.24, 2.45) is 0 Å². The van der Waals surface area contributed by atoms with E-state index in [-0.39, 0.29) is 23.8 Å². The summed E-state index contributed by atoms with van der Waals surface area (Å²) in [5, 5.41) is 12.2. The van der Waals surface area contributed by atoms with E-state index in [1.807, 2.05) is 0 Å². The zero-order valence-corrected chi connectivity index (χ0v) is 9.65. The molecule has 0 bridgehead atoms. The van der Waals surface area contributed by atoms with Crippen LogP contribution in [0.4, 0.5) is 4.39 Å². The lowest BCUT2D eigenvalue weighted by Gasteiger charge is -2.19. The monoisotopic (exact) mass is 252 g/mol. The van der Waals surface area contributed by atoms with Crippen LogP contribution in [0, 0.1) is 5.82 Å². The summed E-state index contributed by atoms with van der Waals surface area (Å²) in [7, 11) is 0. The van der Waals surface area contributed by atoms with E-state index in [1.165, 1.54) is 4.90 Å². The van der Waals surface area contributed by atoms with Crippen molar-refractivity contribution < 1.29 is 19.1 Å². The van der Waals surface area contributed by atoms with Crippen molar-refractivity contribution in [2.45, 2.75) is 6.42 Å². The van der Waals surface area contributed by atoms with Gasteiger partial charge < -0.3 is 15.3 Å². The number of nitrogens with zero attached hydrogens (tertiary/aromatic N) is 1. The summed E-state index contributed by atoms with van der Waals surface area (Å²) in [5.41, 5.74) is -0.121. The summed E-state index contributed by atoms with van der Waals surface area (Å²) in [6.07, 6.45) is 0.632. The van der Waals surface area contributed by atoms with Gasteiger partial charge in [-0.25, -0.2) is 4.39 Å². The largest absolute Gasteiger partial charge is 0.507 e.